The highest BCUT2D eigenvalue weighted by molar-refractivity contribution is 5.94. The molecule has 3 rings (SSSR count). The Morgan fingerprint density at radius 2 is 1.52 bits per heavy atom. The number of ether oxygens (including phenoxy) is 1. The lowest BCUT2D eigenvalue weighted by atomic mass is 10.2. The van der Waals surface area contributed by atoms with Crippen LogP contribution in [0.15, 0.2) is 84.9 Å². The standard InChI is InChI=1S/C13H12O.C9H10FNO2/c1-3-7-12(8-4-1)11-14-13-9-5-2-6-10-13;1-6(12)11-9(13)7-2-4-8(10)5-3-7/h1-10H,11H2;2-6,12H,1H3,(H,11,13). The average Bonchev–Trinajstić information content (AvgIpc) is 2.68. The predicted octanol–water partition coefficient (Wildman–Crippen LogP) is 4.16. The molecule has 3 aromatic carbocycles. The second-order valence-corrected chi connectivity index (χ2v) is 5.74. The zero-order valence-electron chi connectivity index (χ0n) is 15.0. The molecule has 0 bridgehead atoms. The number of rotatable bonds is 5. The maximum atomic E-state index is 12.4. The molecule has 0 spiro atoms. The molecule has 0 aliphatic carbocycles. The van der Waals surface area contributed by atoms with Gasteiger partial charge >= 0.3 is 0 Å². The smallest absolute Gasteiger partial charge is 0.253 e. The molecule has 0 heterocycles. The summed E-state index contributed by atoms with van der Waals surface area (Å²) in [5.41, 5.74) is 1.51. The van der Waals surface area contributed by atoms with Crippen molar-refractivity contribution in [2.75, 3.05) is 0 Å². The summed E-state index contributed by atoms with van der Waals surface area (Å²) in [4.78, 5) is 11.2. The van der Waals surface area contributed by atoms with Crippen molar-refractivity contribution in [1.82, 2.24) is 5.32 Å². The van der Waals surface area contributed by atoms with Crippen LogP contribution in [0.25, 0.3) is 0 Å². The normalized spacial score (nSPS) is 10.9. The summed E-state index contributed by atoms with van der Waals surface area (Å²) in [5.74, 6) is 0.0972. The molecular formula is C22H22FNO3. The van der Waals surface area contributed by atoms with Crippen molar-refractivity contribution < 1.29 is 19.0 Å². The van der Waals surface area contributed by atoms with Crippen LogP contribution >= 0.6 is 0 Å². The van der Waals surface area contributed by atoms with Crippen LogP contribution in [0.3, 0.4) is 0 Å². The zero-order valence-corrected chi connectivity index (χ0v) is 15.0. The maximum absolute atomic E-state index is 12.4. The van der Waals surface area contributed by atoms with E-state index < -0.39 is 18.0 Å². The third-order valence-electron chi connectivity index (χ3n) is 3.44. The molecule has 27 heavy (non-hydrogen) atoms. The van der Waals surface area contributed by atoms with Crippen molar-refractivity contribution in [3.05, 3.63) is 102 Å². The topological polar surface area (TPSA) is 58.6 Å². The predicted molar refractivity (Wildman–Crippen MR) is 103 cm³/mol. The van der Waals surface area contributed by atoms with Crippen molar-refractivity contribution >= 4 is 5.91 Å². The molecule has 5 heteroatoms. The molecule has 0 aromatic heterocycles. The maximum Gasteiger partial charge on any atom is 0.253 e. The first-order valence-electron chi connectivity index (χ1n) is 8.51. The minimum atomic E-state index is -0.905. The van der Waals surface area contributed by atoms with Crippen LogP contribution in [0.2, 0.25) is 0 Å². The summed E-state index contributed by atoms with van der Waals surface area (Å²) < 4.78 is 18.0. The number of benzene rings is 3. The SMILES string of the molecule is CC(O)NC(=O)c1ccc(F)cc1.c1ccc(COc2ccccc2)cc1. The lowest BCUT2D eigenvalue weighted by molar-refractivity contribution is 0.0819. The molecule has 1 unspecified atom stereocenters. The third-order valence-corrected chi connectivity index (χ3v) is 3.44. The Kier molecular flexibility index (Phi) is 8.00. The van der Waals surface area contributed by atoms with Crippen molar-refractivity contribution in [2.24, 2.45) is 0 Å². The van der Waals surface area contributed by atoms with Gasteiger partial charge in [0.1, 0.15) is 24.4 Å². The number of amides is 1. The summed E-state index contributed by atoms with van der Waals surface area (Å²) in [6.45, 7) is 2.06. The van der Waals surface area contributed by atoms with Crippen LogP contribution in [-0.4, -0.2) is 17.2 Å². The summed E-state index contributed by atoms with van der Waals surface area (Å²) in [6.07, 6.45) is -0.905. The Balaban J connectivity index is 0.000000194. The van der Waals surface area contributed by atoms with Gasteiger partial charge in [0.2, 0.25) is 0 Å². The van der Waals surface area contributed by atoms with Crippen LogP contribution in [-0.2, 0) is 6.61 Å². The number of nitrogens with one attached hydrogen (secondary N) is 1. The number of halogens is 1. The molecule has 3 aromatic rings. The fraction of sp³-hybridized carbons (Fsp3) is 0.136. The van der Waals surface area contributed by atoms with Gasteiger partial charge in [-0.05, 0) is 48.9 Å². The van der Waals surface area contributed by atoms with E-state index in [0.29, 0.717) is 12.2 Å². The first kappa shape index (κ1) is 20.1. The van der Waals surface area contributed by atoms with Crippen molar-refractivity contribution in [1.29, 1.82) is 0 Å². The van der Waals surface area contributed by atoms with Gasteiger partial charge in [-0.1, -0.05) is 48.5 Å². The van der Waals surface area contributed by atoms with E-state index in [1.54, 1.807) is 0 Å². The van der Waals surface area contributed by atoms with Crippen LogP contribution < -0.4 is 10.1 Å². The Labute approximate surface area is 158 Å². The molecular weight excluding hydrogens is 345 g/mol. The van der Waals surface area contributed by atoms with E-state index in [9.17, 15) is 9.18 Å². The molecule has 2 N–H and O–H groups in total. The molecule has 1 amide bonds. The zero-order chi connectivity index (χ0) is 19.5. The molecule has 0 saturated heterocycles. The highest BCUT2D eigenvalue weighted by Crippen LogP contribution is 2.11. The van der Waals surface area contributed by atoms with Gasteiger partial charge in [-0.3, -0.25) is 4.79 Å². The second kappa shape index (κ2) is 10.7. The van der Waals surface area contributed by atoms with Crippen molar-refractivity contribution in [2.45, 2.75) is 19.8 Å². The van der Waals surface area contributed by atoms with E-state index in [-0.39, 0.29) is 0 Å². The number of hydrogen-bond donors (Lipinski definition) is 2. The second-order valence-electron chi connectivity index (χ2n) is 5.74. The monoisotopic (exact) mass is 367 g/mol. The van der Waals surface area contributed by atoms with Crippen molar-refractivity contribution in [3.8, 4) is 5.75 Å². The molecule has 0 aliphatic rings. The molecule has 0 saturated carbocycles. The van der Waals surface area contributed by atoms with Crippen molar-refractivity contribution in [3.63, 3.8) is 0 Å². The summed E-state index contributed by atoms with van der Waals surface area (Å²) in [5, 5.41) is 11.1. The highest BCUT2D eigenvalue weighted by Gasteiger charge is 2.06. The molecule has 140 valence electrons. The van der Waals surface area contributed by atoms with Gasteiger partial charge < -0.3 is 15.2 Å². The van der Waals surface area contributed by atoms with E-state index in [0.717, 1.165) is 5.75 Å². The minimum Gasteiger partial charge on any atom is -0.489 e. The van der Waals surface area contributed by atoms with Gasteiger partial charge in [-0.15, -0.1) is 0 Å². The molecule has 0 radical (unpaired) electrons. The summed E-state index contributed by atoms with van der Waals surface area (Å²) in [7, 11) is 0. The lowest BCUT2D eigenvalue weighted by Crippen LogP contribution is -2.31. The van der Waals surface area contributed by atoms with E-state index in [4.69, 9.17) is 9.84 Å². The van der Waals surface area contributed by atoms with Crippen LogP contribution in [0.4, 0.5) is 4.39 Å². The molecule has 4 nitrogen and oxygen atoms in total. The largest absolute Gasteiger partial charge is 0.489 e. The Bertz CT molecular complexity index is 766. The summed E-state index contributed by atoms with van der Waals surface area (Å²) >= 11 is 0. The number of hydrogen-bond acceptors (Lipinski definition) is 3. The number of aliphatic hydroxyl groups is 1. The van der Waals surface area contributed by atoms with E-state index in [2.05, 4.69) is 17.4 Å². The quantitative estimate of drug-likeness (QED) is 0.666. The number of carbonyl (C=O) groups is 1. The minimum absolute atomic E-state index is 0.322. The Morgan fingerprint density at radius 1 is 0.963 bits per heavy atom. The first-order valence-corrected chi connectivity index (χ1v) is 8.51. The Hall–Kier alpha value is -3.18. The Morgan fingerprint density at radius 3 is 2.07 bits per heavy atom. The van der Waals surface area contributed by atoms with E-state index in [1.807, 2.05) is 48.5 Å². The van der Waals surface area contributed by atoms with Gasteiger partial charge in [0.05, 0.1) is 0 Å². The fourth-order valence-corrected chi connectivity index (χ4v) is 2.13. The number of aliphatic hydroxyl groups excluding tert-OH is 1. The lowest BCUT2D eigenvalue weighted by Gasteiger charge is -2.06. The summed E-state index contributed by atoms with van der Waals surface area (Å²) in [6, 6.07) is 25.1. The average molecular weight is 367 g/mol. The fourth-order valence-electron chi connectivity index (χ4n) is 2.13. The van der Waals surface area contributed by atoms with Crippen LogP contribution in [0.5, 0.6) is 5.75 Å². The van der Waals surface area contributed by atoms with Crippen LogP contribution in [0.1, 0.15) is 22.8 Å². The highest BCUT2D eigenvalue weighted by atomic mass is 19.1. The van der Waals surface area contributed by atoms with Gasteiger partial charge in [-0.2, -0.15) is 0 Å². The van der Waals surface area contributed by atoms with Gasteiger partial charge in [0, 0.05) is 5.56 Å². The van der Waals surface area contributed by atoms with E-state index >= 15 is 0 Å². The third kappa shape index (κ3) is 7.71. The first-order chi connectivity index (χ1) is 13.0. The number of para-hydroxylation sites is 1. The van der Waals surface area contributed by atoms with Crippen LogP contribution in [0, 0.1) is 5.82 Å². The molecule has 0 fully saturated rings. The molecule has 1 atom stereocenters. The van der Waals surface area contributed by atoms with Gasteiger partial charge in [0.15, 0.2) is 0 Å². The number of carbonyl (C=O) groups excluding carboxylic acids is 1. The van der Waals surface area contributed by atoms with Gasteiger partial charge in [0.25, 0.3) is 5.91 Å². The van der Waals surface area contributed by atoms with Gasteiger partial charge in [-0.25, -0.2) is 4.39 Å². The van der Waals surface area contributed by atoms with E-state index in [1.165, 1.54) is 36.8 Å². The molecule has 0 aliphatic heterocycles.